The molecule has 1 aliphatic rings. The van der Waals surface area contributed by atoms with Crippen LogP contribution in [0.25, 0.3) is 11.1 Å². The van der Waals surface area contributed by atoms with Crippen molar-refractivity contribution in [3.8, 4) is 11.5 Å². The number of aliphatic hydroxyl groups excluding tert-OH is 1. The van der Waals surface area contributed by atoms with Crippen LogP contribution >= 0.6 is 0 Å². The van der Waals surface area contributed by atoms with Gasteiger partial charge < -0.3 is 14.6 Å². The Kier molecular flexibility index (Phi) is 4.23. The molecule has 3 aromatic rings. The van der Waals surface area contributed by atoms with Gasteiger partial charge in [0, 0.05) is 5.57 Å². The molecule has 0 radical (unpaired) electrons. The average molecular weight is 344 g/mol. The largest absolute Gasteiger partial charge is 0.497 e. The van der Waals surface area contributed by atoms with E-state index in [1.54, 1.807) is 14.2 Å². The van der Waals surface area contributed by atoms with Gasteiger partial charge in [0.25, 0.3) is 0 Å². The Bertz CT molecular complexity index is 957. The summed E-state index contributed by atoms with van der Waals surface area (Å²) in [5.41, 5.74) is 5.90. The summed E-state index contributed by atoms with van der Waals surface area (Å²) in [6.07, 6.45) is -0.671. The lowest BCUT2D eigenvalue weighted by atomic mass is 9.94. The van der Waals surface area contributed by atoms with E-state index in [1.807, 2.05) is 72.8 Å². The standard InChI is InChI=1S/C23H20O3/c1-25-17-10-8-16(9-11-17)21-20-14-18(26-2)12-13-19(20)23(24)22(21)15-6-4-3-5-7-15/h3-14,23-24H,1-2H3. The highest BCUT2D eigenvalue weighted by Crippen LogP contribution is 2.49. The lowest BCUT2D eigenvalue weighted by molar-refractivity contribution is 0.241. The third-order valence-electron chi connectivity index (χ3n) is 4.83. The number of fused-ring (bicyclic) bond motifs is 1. The van der Waals surface area contributed by atoms with Crippen molar-refractivity contribution in [3.63, 3.8) is 0 Å². The summed E-state index contributed by atoms with van der Waals surface area (Å²) in [6, 6.07) is 23.8. The van der Waals surface area contributed by atoms with Crippen molar-refractivity contribution < 1.29 is 14.6 Å². The van der Waals surface area contributed by atoms with Crippen LogP contribution in [-0.4, -0.2) is 19.3 Å². The van der Waals surface area contributed by atoms with Crippen LogP contribution in [0.1, 0.15) is 28.4 Å². The summed E-state index contributed by atoms with van der Waals surface area (Å²) < 4.78 is 10.7. The van der Waals surface area contributed by atoms with Gasteiger partial charge >= 0.3 is 0 Å². The molecule has 0 heterocycles. The second-order valence-corrected chi connectivity index (χ2v) is 6.24. The van der Waals surface area contributed by atoms with Gasteiger partial charge in [-0.2, -0.15) is 0 Å². The van der Waals surface area contributed by atoms with Gasteiger partial charge in [0.2, 0.25) is 0 Å². The average Bonchev–Trinajstić information content (AvgIpc) is 3.00. The molecule has 0 aliphatic heterocycles. The molecule has 1 aliphatic carbocycles. The summed E-state index contributed by atoms with van der Waals surface area (Å²) in [5, 5.41) is 11.1. The Hall–Kier alpha value is -3.04. The molecule has 0 amide bonds. The highest BCUT2D eigenvalue weighted by Gasteiger charge is 2.31. The topological polar surface area (TPSA) is 38.7 Å². The van der Waals surface area contributed by atoms with E-state index in [2.05, 4.69) is 0 Å². The zero-order valence-corrected chi connectivity index (χ0v) is 14.8. The summed E-state index contributed by atoms with van der Waals surface area (Å²) in [7, 11) is 3.31. The minimum absolute atomic E-state index is 0.671. The number of benzene rings is 3. The number of ether oxygens (including phenoxy) is 2. The first-order chi connectivity index (χ1) is 12.7. The molecule has 0 saturated heterocycles. The Labute approximate surface area is 153 Å². The van der Waals surface area contributed by atoms with Crippen LogP contribution in [0, 0.1) is 0 Å². The van der Waals surface area contributed by atoms with Crippen LogP contribution < -0.4 is 9.47 Å². The van der Waals surface area contributed by atoms with E-state index < -0.39 is 6.10 Å². The lowest BCUT2D eigenvalue weighted by Crippen LogP contribution is -1.97. The summed E-state index contributed by atoms with van der Waals surface area (Å²) in [6.45, 7) is 0. The monoisotopic (exact) mass is 344 g/mol. The van der Waals surface area contributed by atoms with E-state index >= 15 is 0 Å². The van der Waals surface area contributed by atoms with Gasteiger partial charge in [0.05, 0.1) is 14.2 Å². The molecule has 3 heteroatoms. The normalized spacial score (nSPS) is 15.7. The van der Waals surface area contributed by atoms with Crippen LogP contribution in [0.15, 0.2) is 72.8 Å². The van der Waals surface area contributed by atoms with Crippen molar-refractivity contribution in [1.82, 2.24) is 0 Å². The SMILES string of the molecule is COc1ccc(C2=C(c3ccccc3)C(O)c3ccc(OC)cc32)cc1. The maximum absolute atomic E-state index is 11.1. The smallest absolute Gasteiger partial charge is 0.119 e. The van der Waals surface area contributed by atoms with Crippen molar-refractivity contribution in [1.29, 1.82) is 0 Å². The van der Waals surface area contributed by atoms with E-state index in [9.17, 15) is 5.11 Å². The van der Waals surface area contributed by atoms with E-state index in [-0.39, 0.29) is 0 Å². The van der Waals surface area contributed by atoms with Crippen LogP contribution in [-0.2, 0) is 0 Å². The first-order valence-corrected chi connectivity index (χ1v) is 8.53. The minimum Gasteiger partial charge on any atom is -0.497 e. The predicted molar refractivity (Wildman–Crippen MR) is 103 cm³/mol. The van der Waals surface area contributed by atoms with Gasteiger partial charge in [-0.3, -0.25) is 0 Å². The number of hydrogen-bond donors (Lipinski definition) is 1. The van der Waals surface area contributed by atoms with Crippen molar-refractivity contribution in [2.75, 3.05) is 14.2 Å². The Morgan fingerprint density at radius 2 is 1.38 bits per heavy atom. The second kappa shape index (κ2) is 6.70. The molecule has 1 atom stereocenters. The third kappa shape index (κ3) is 2.67. The molecule has 1 N–H and O–H groups in total. The van der Waals surface area contributed by atoms with Gasteiger partial charge in [0.1, 0.15) is 17.6 Å². The lowest BCUT2D eigenvalue weighted by Gasteiger charge is -2.12. The van der Waals surface area contributed by atoms with Crippen LogP contribution in [0.3, 0.4) is 0 Å². The number of methoxy groups -OCH3 is 2. The number of hydrogen-bond acceptors (Lipinski definition) is 3. The molecule has 130 valence electrons. The van der Waals surface area contributed by atoms with Crippen LogP contribution in [0.4, 0.5) is 0 Å². The molecule has 4 rings (SSSR count). The van der Waals surface area contributed by atoms with E-state index in [0.717, 1.165) is 44.9 Å². The Morgan fingerprint density at radius 3 is 2.04 bits per heavy atom. The van der Waals surface area contributed by atoms with Crippen molar-refractivity contribution in [2.45, 2.75) is 6.10 Å². The first kappa shape index (κ1) is 16.4. The van der Waals surface area contributed by atoms with Crippen molar-refractivity contribution in [3.05, 3.63) is 95.1 Å². The summed E-state index contributed by atoms with van der Waals surface area (Å²) >= 11 is 0. The predicted octanol–water partition coefficient (Wildman–Crippen LogP) is 4.71. The second-order valence-electron chi connectivity index (χ2n) is 6.24. The minimum atomic E-state index is -0.671. The molecule has 0 spiro atoms. The quantitative estimate of drug-likeness (QED) is 0.745. The number of rotatable bonds is 4. The van der Waals surface area contributed by atoms with Gasteiger partial charge in [-0.25, -0.2) is 0 Å². The Morgan fingerprint density at radius 1 is 0.731 bits per heavy atom. The molecule has 1 unspecified atom stereocenters. The molecular weight excluding hydrogens is 324 g/mol. The molecule has 26 heavy (non-hydrogen) atoms. The first-order valence-electron chi connectivity index (χ1n) is 8.53. The molecule has 3 nitrogen and oxygen atoms in total. The van der Waals surface area contributed by atoms with Gasteiger partial charge in [-0.15, -0.1) is 0 Å². The van der Waals surface area contributed by atoms with Crippen LogP contribution in [0.5, 0.6) is 11.5 Å². The highest BCUT2D eigenvalue weighted by molar-refractivity contribution is 6.05. The van der Waals surface area contributed by atoms with Crippen LogP contribution in [0.2, 0.25) is 0 Å². The fourth-order valence-corrected chi connectivity index (χ4v) is 3.54. The van der Waals surface area contributed by atoms with E-state index in [4.69, 9.17) is 9.47 Å². The van der Waals surface area contributed by atoms with E-state index in [0.29, 0.717) is 0 Å². The van der Waals surface area contributed by atoms with Crippen molar-refractivity contribution >= 4 is 11.1 Å². The maximum atomic E-state index is 11.1. The van der Waals surface area contributed by atoms with Gasteiger partial charge in [0.15, 0.2) is 0 Å². The van der Waals surface area contributed by atoms with Gasteiger partial charge in [-0.1, -0.05) is 48.5 Å². The zero-order valence-electron chi connectivity index (χ0n) is 14.8. The third-order valence-corrected chi connectivity index (χ3v) is 4.83. The molecule has 0 aromatic heterocycles. The van der Waals surface area contributed by atoms with E-state index in [1.165, 1.54) is 0 Å². The fourth-order valence-electron chi connectivity index (χ4n) is 3.54. The Balaban J connectivity index is 1.97. The molecule has 0 saturated carbocycles. The molecular formula is C23H20O3. The summed E-state index contributed by atoms with van der Waals surface area (Å²) in [5.74, 6) is 1.58. The van der Waals surface area contributed by atoms with Gasteiger partial charge in [-0.05, 0) is 52.1 Å². The highest BCUT2D eigenvalue weighted by atomic mass is 16.5. The molecule has 3 aromatic carbocycles. The maximum Gasteiger partial charge on any atom is 0.119 e. The number of aliphatic hydroxyl groups is 1. The van der Waals surface area contributed by atoms with Crippen molar-refractivity contribution in [2.24, 2.45) is 0 Å². The molecule has 0 fully saturated rings. The zero-order chi connectivity index (χ0) is 18.1. The molecule has 0 bridgehead atoms. The fraction of sp³-hybridized carbons (Fsp3) is 0.130. The summed E-state index contributed by atoms with van der Waals surface area (Å²) in [4.78, 5) is 0.